The Labute approximate surface area is 180 Å². The number of methoxy groups -OCH3 is 1. The average Bonchev–Trinajstić information content (AvgIpc) is 3.19. The second-order valence-electron chi connectivity index (χ2n) is 5.52. The van der Waals surface area contributed by atoms with E-state index in [0.29, 0.717) is 20.1 Å². The maximum absolute atomic E-state index is 11.9. The molecule has 3 aromatic rings. The Hall–Kier alpha value is -2.82. The molecule has 0 saturated heterocycles. The summed E-state index contributed by atoms with van der Waals surface area (Å²) in [7, 11) is 1.61. The second-order valence-corrected chi connectivity index (χ2v) is 8.16. The van der Waals surface area contributed by atoms with Gasteiger partial charge in [-0.1, -0.05) is 34.7 Å². The van der Waals surface area contributed by atoms with Gasteiger partial charge in [0.05, 0.1) is 12.9 Å². The molecule has 0 unspecified atom stereocenters. The van der Waals surface area contributed by atoms with Crippen LogP contribution in [0.1, 0.15) is 10.4 Å². The standard InChI is InChI=1S/C18H16ClN5O3S2/c1-27-14-8-6-13(7-9-14)20-17-23-24-18(29-17)28-10-15(25)21-22-16(26)11-2-4-12(19)5-3-11/h2-9H,10H2,1H3,(H,20,23)(H,21,25)(H,22,26). The van der Waals surface area contributed by atoms with E-state index >= 15 is 0 Å². The topological polar surface area (TPSA) is 105 Å². The van der Waals surface area contributed by atoms with Crippen molar-refractivity contribution in [3.63, 3.8) is 0 Å². The van der Waals surface area contributed by atoms with E-state index in [1.165, 1.54) is 23.1 Å². The predicted molar refractivity (Wildman–Crippen MR) is 114 cm³/mol. The summed E-state index contributed by atoms with van der Waals surface area (Å²) in [4.78, 5) is 23.9. The molecule has 2 aromatic carbocycles. The van der Waals surface area contributed by atoms with Crippen molar-refractivity contribution >= 4 is 57.3 Å². The molecule has 0 spiro atoms. The van der Waals surface area contributed by atoms with Crippen LogP contribution in [0.4, 0.5) is 10.8 Å². The molecular weight excluding hydrogens is 434 g/mol. The van der Waals surface area contributed by atoms with Crippen molar-refractivity contribution in [2.24, 2.45) is 0 Å². The van der Waals surface area contributed by atoms with Crippen molar-refractivity contribution in [2.75, 3.05) is 18.2 Å². The summed E-state index contributed by atoms with van der Waals surface area (Å²) < 4.78 is 5.74. The minimum atomic E-state index is -0.429. The molecule has 11 heteroatoms. The first kappa shape index (κ1) is 20.9. The highest BCUT2D eigenvalue weighted by Crippen LogP contribution is 2.28. The van der Waals surface area contributed by atoms with Gasteiger partial charge in [-0.25, -0.2) is 0 Å². The first-order chi connectivity index (χ1) is 14.0. The fourth-order valence-corrected chi connectivity index (χ4v) is 3.78. The highest BCUT2D eigenvalue weighted by molar-refractivity contribution is 8.01. The van der Waals surface area contributed by atoms with Gasteiger partial charge < -0.3 is 10.1 Å². The zero-order valence-electron chi connectivity index (χ0n) is 15.1. The molecule has 0 radical (unpaired) electrons. The maximum Gasteiger partial charge on any atom is 0.269 e. The molecule has 150 valence electrons. The van der Waals surface area contributed by atoms with Gasteiger partial charge in [-0.15, -0.1) is 10.2 Å². The third-order valence-corrected chi connectivity index (χ3v) is 5.72. The lowest BCUT2D eigenvalue weighted by atomic mass is 10.2. The number of nitrogens with one attached hydrogen (secondary N) is 3. The number of hydrazine groups is 1. The Kier molecular flexibility index (Phi) is 7.28. The number of rotatable bonds is 7. The molecule has 0 aliphatic rings. The minimum Gasteiger partial charge on any atom is -0.497 e. The Bertz CT molecular complexity index is 980. The fraction of sp³-hybridized carbons (Fsp3) is 0.111. The number of carbonyl (C=O) groups excluding carboxylic acids is 2. The van der Waals surface area contributed by atoms with Crippen molar-refractivity contribution < 1.29 is 14.3 Å². The highest BCUT2D eigenvalue weighted by atomic mass is 35.5. The lowest BCUT2D eigenvalue weighted by molar-refractivity contribution is -0.119. The van der Waals surface area contributed by atoms with E-state index in [1.807, 2.05) is 24.3 Å². The summed E-state index contributed by atoms with van der Waals surface area (Å²) in [5, 5.41) is 12.3. The number of halogens is 1. The third kappa shape index (κ3) is 6.34. The monoisotopic (exact) mass is 449 g/mol. The maximum atomic E-state index is 11.9. The van der Waals surface area contributed by atoms with Crippen LogP contribution in [0.5, 0.6) is 5.75 Å². The van der Waals surface area contributed by atoms with Crippen LogP contribution in [0, 0.1) is 0 Å². The normalized spacial score (nSPS) is 10.3. The number of anilines is 2. The molecule has 0 saturated carbocycles. The number of nitrogens with zero attached hydrogens (tertiary/aromatic N) is 2. The van der Waals surface area contributed by atoms with Gasteiger partial charge in [-0.3, -0.25) is 20.4 Å². The van der Waals surface area contributed by atoms with Crippen LogP contribution in [-0.4, -0.2) is 34.9 Å². The number of hydrogen-bond acceptors (Lipinski definition) is 8. The molecule has 1 aromatic heterocycles. The second kappa shape index (κ2) is 10.1. The van der Waals surface area contributed by atoms with Gasteiger partial charge in [-0.05, 0) is 48.5 Å². The van der Waals surface area contributed by atoms with Crippen LogP contribution in [0.25, 0.3) is 0 Å². The summed E-state index contributed by atoms with van der Waals surface area (Å²) in [5.74, 6) is 0.0511. The molecule has 0 atom stereocenters. The Balaban J connectivity index is 1.43. The number of benzene rings is 2. The van der Waals surface area contributed by atoms with Crippen molar-refractivity contribution in [1.82, 2.24) is 21.0 Å². The molecule has 0 aliphatic heterocycles. The van der Waals surface area contributed by atoms with Crippen LogP contribution in [0.15, 0.2) is 52.9 Å². The van der Waals surface area contributed by atoms with Gasteiger partial charge in [0, 0.05) is 16.3 Å². The van der Waals surface area contributed by atoms with Crippen LogP contribution in [-0.2, 0) is 4.79 Å². The van der Waals surface area contributed by atoms with Crippen molar-refractivity contribution in [3.8, 4) is 5.75 Å². The number of carbonyl (C=O) groups is 2. The zero-order valence-corrected chi connectivity index (χ0v) is 17.5. The molecule has 3 N–H and O–H groups in total. The average molecular weight is 450 g/mol. The van der Waals surface area contributed by atoms with Gasteiger partial charge >= 0.3 is 0 Å². The molecule has 0 aliphatic carbocycles. The summed E-state index contributed by atoms with van der Waals surface area (Å²) in [6, 6.07) is 13.7. The number of thioether (sulfide) groups is 1. The molecule has 0 bridgehead atoms. The molecule has 0 fully saturated rings. The fourth-order valence-electron chi connectivity index (χ4n) is 2.08. The Morgan fingerprint density at radius 3 is 2.48 bits per heavy atom. The summed E-state index contributed by atoms with van der Waals surface area (Å²) >= 11 is 8.32. The van der Waals surface area contributed by atoms with E-state index in [2.05, 4.69) is 26.4 Å². The number of ether oxygens (including phenoxy) is 1. The largest absolute Gasteiger partial charge is 0.497 e. The lowest BCUT2D eigenvalue weighted by Gasteiger charge is -2.06. The molecule has 3 rings (SSSR count). The predicted octanol–water partition coefficient (Wildman–Crippen LogP) is 3.50. The Morgan fingerprint density at radius 1 is 1.07 bits per heavy atom. The van der Waals surface area contributed by atoms with E-state index in [4.69, 9.17) is 16.3 Å². The molecule has 2 amide bonds. The molecule has 8 nitrogen and oxygen atoms in total. The van der Waals surface area contributed by atoms with Gasteiger partial charge in [0.25, 0.3) is 5.91 Å². The van der Waals surface area contributed by atoms with Crippen LogP contribution >= 0.6 is 34.7 Å². The smallest absolute Gasteiger partial charge is 0.269 e. The summed E-state index contributed by atoms with van der Waals surface area (Å²) in [5.41, 5.74) is 5.95. The molecule has 1 heterocycles. The quantitative estimate of drug-likeness (QED) is 0.374. The van der Waals surface area contributed by atoms with E-state index in [-0.39, 0.29) is 11.7 Å². The summed E-state index contributed by atoms with van der Waals surface area (Å²) in [6.45, 7) is 0. The Morgan fingerprint density at radius 2 is 1.79 bits per heavy atom. The lowest BCUT2D eigenvalue weighted by Crippen LogP contribution is -2.42. The number of amides is 2. The molecular formula is C18H16ClN5O3S2. The van der Waals surface area contributed by atoms with E-state index < -0.39 is 5.91 Å². The van der Waals surface area contributed by atoms with Crippen molar-refractivity contribution in [3.05, 3.63) is 59.1 Å². The van der Waals surface area contributed by atoms with Gasteiger partial charge in [0.15, 0.2) is 4.34 Å². The van der Waals surface area contributed by atoms with Crippen LogP contribution in [0.3, 0.4) is 0 Å². The first-order valence-corrected chi connectivity index (χ1v) is 10.4. The third-order valence-electron chi connectivity index (χ3n) is 3.50. The van der Waals surface area contributed by atoms with Gasteiger partial charge in [0.1, 0.15) is 5.75 Å². The van der Waals surface area contributed by atoms with E-state index in [9.17, 15) is 9.59 Å². The van der Waals surface area contributed by atoms with E-state index in [1.54, 1.807) is 31.4 Å². The van der Waals surface area contributed by atoms with Crippen LogP contribution in [0.2, 0.25) is 5.02 Å². The van der Waals surface area contributed by atoms with E-state index in [0.717, 1.165) is 11.4 Å². The first-order valence-electron chi connectivity index (χ1n) is 8.25. The van der Waals surface area contributed by atoms with Gasteiger partial charge in [0.2, 0.25) is 11.0 Å². The zero-order chi connectivity index (χ0) is 20.6. The van der Waals surface area contributed by atoms with Gasteiger partial charge in [-0.2, -0.15) is 0 Å². The van der Waals surface area contributed by atoms with Crippen LogP contribution < -0.4 is 20.9 Å². The minimum absolute atomic E-state index is 0.0814. The molecule has 29 heavy (non-hydrogen) atoms. The SMILES string of the molecule is COc1ccc(Nc2nnc(SCC(=O)NNC(=O)c3ccc(Cl)cc3)s2)cc1. The van der Waals surface area contributed by atoms with Crippen molar-refractivity contribution in [2.45, 2.75) is 4.34 Å². The highest BCUT2D eigenvalue weighted by Gasteiger charge is 2.10. The number of aromatic nitrogens is 2. The summed E-state index contributed by atoms with van der Waals surface area (Å²) in [6.07, 6.45) is 0. The van der Waals surface area contributed by atoms with Crippen molar-refractivity contribution in [1.29, 1.82) is 0 Å². The number of hydrogen-bond donors (Lipinski definition) is 3.